The van der Waals surface area contributed by atoms with Crippen LogP contribution in [0.3, 0.4) is 0 Å². The minimum absolute atomic E-state index is 0.107. The van der Waals surface area contributed by atoms with E-state index in [4.69, 9.17) is 0 Å². The monoisotopic (exact) mass is 484 g/mol. The number of para-hydroxylation sites is 1. The van der Waals surface area contributed by atoms with Crippen molar-refractivity contribution >= 4 is 45.1 Å². The molecule has 1 heterocycles. The molecule has 166 valence electrons. The molecule has 4 rings (SSSR count). The lowest BCUT2D eigenvalue weighted by molar-refractivity contribution is -0.113. The molecule has 1 aliphatic heterocycles. The Morgan fingerprint density at radius 2 is 1.50 bits per heavy atom. The SMILES string of the molecule is O=C(CSc1ccc(S(=O)(=O)N2CCCC2)cc1)Nc1ccccc1Sc1ccccc1. The summed E-state index contributed by atoms with van der Waals surface area (Å²) in [5, 5.41) is 2.99. The van der Waals surface area contributed by atoms with Gasteiger partial charge >= 0.3 is 0 Å². The lowest BCUT2D eigenvalue weighted by Crippen LogP contribution is -2.27. The van der Waals surface area contributed by atoms with Gasteiger partial charge in [0.25, 0.3) is 0 Å². The Labute approximate surface area is 197 Å². The number of hydrogen-bond donors (Lipinski definition) is 1. The van der Waals surface area contributed by atoms with E-state index in [2.05, 4.69) is 5.32 Å². The Balaban J connectivity index is 1.35. The Hall–Kier alpha value is -2.26. The summed E-state index contributed by atoms with van der Waals surface area (Å²) < 4.78 is 26.8. The molecule has 0 unspecified atom stereocenters. The van der Waals surface area contributed by atoms with Crippen LogP contribution in [0.25, 0.3) is 0 Å². The van der Waals surface area contributed by atoms with Gasteiger partial charge in [-0.05, 0) is 61.4 Å². The van der Waals surface area contributed by atoms with Gasteiger partial charge in [-0.3, -0.25) is 4.79 Å². The molecule has 8 heteroatoms. The van der Waals surface area contributed by atoms with Crippen molar-refractivity contribution < 1.29 is 13.2 Å². The summed E-state index contributed by atoms with van der Waals surface area (Å²) >= 11 is 2.98. The van der Waals surface area contributed by atoms with E-state index in [1.165, 1.54) is 16.1 Å². The van der Waals surface area contributed by atoms with E-state index in [0.29, 0.717) is 18.0 Å². The summed E-state index contributed by atoms with van der Waals surface area (Å²) in [5.41, 5.74) is 0.777. The molecule has 1 N–H and O–H groups in total. The minimum Gasteiger partial charge on any atom is -0.324 e. The van der Waals surface area contributed by atoms with Crippen LogP contribution in [0.2, 0.25) is 0 Å². The van der Waals surface area contributed by atoms with E-state index in [0.717, 1.165) is 33.2 Å². The molecule has 1 fully saturated rings. The second-order valence-electron chi connectivity index (χ2n) is 7.33. The summed E-state index contributed by atoms with van der Waals surface area (Å²) in [7, 11) is -3.42. The molecular formula is C24H24N2O3S3. The standard InChI is InChI=1S/C24H24N2O3S3/c27-24(25-22-10-4-5-11-23(22)31-20-8-2-1-3-9-20)18-30-19-12-14-21(15-13-19)32(28,29)26-16-6-7-17-26/h1-5,8-15H,6-7,16-18H2,(H,25,27). The molecule has 3 aromatic carbocycles. The topological polar surface area (TPSA) is 66.5 Å². The number of sulfonamides is 1. The van der Waals surface area contributed by atoms with Crippen molar-refractivity contribution in [3.63, 3.8) is 0 Å². The Morgan fingerprint density at radius 1 is 0.844 bits per heavy atom. The van der Waals surface area contributed by atoms with E-state index < -0.39 is 10.0 Å². The maximum atomic E-state index is 12.6. The molecule has 0 saturated carbocycles. The van der Waals surface area contributed by atoms with E-state index in [-0.39, 0.29) is 11.7 Å². The zero-order valence-corrected chi connectivity index (χ0v) is 19.9. The fourth-order valence-corrected chi connectivity index (χ4v) is 6.53. The number of benzene rings is 3. The van der Waals surface area contributed by atoms with Crippen LogP contribution in [0.4, 0.5) is 5.69 Å². The number of nitrogens with zero attached hydrogens (tertiary/aromatic N) is 1. The fraction of sp³-hybridized carbons (Fsp3) is 0.208. The summed E-state index contributed by atoms with van der Waals surface area (Å²) in [6, 6.07) is 24.5. The molecule has 1 amide bonds. The largest absolute Gasteiger partial charge is 0.324 e. The molecule has 0 aliphatic carbocycles. The van der Waals surface area contributed by atoms with E-state index in [1.54, 1.807) is 36.0 Å². The van der Waals surface area contributed by atoms with Crippen molar-refractivity contribution in [3.8, 4) is 0 Å². The summed E-state index contributed by atoms with van der Waals surface area (Å²) in [4.78, 5) is 15.8. The van der Waals surface area contributed by atoms with Gasteiger partial charge in [-0.25, -0.2) is 8.42 Å². The van der Waals surface area contributed by atoms with Crippen LogP contribution in [0.15, 0.2) is 98.4 Å². The molecule has 1 saturated heterocycles. The Bertz CT molecular complexity index is 1160. The molecular weight excluding hydrogens is 460 g/mol. The zero-order chi connectivity index (χ0) is 22.4. The van der Waals surface area contributed by atoms with Crippen LogP contribution in [-0.2, 0) is 14.8 Å². The second kappa shape index (κ2) is 10.6. The summed E-state index contributed by atoms with van der Waals surface area (Å²) in [5.74, 6) is 0.132. The third-order valence-corrected chi connectivity index (χ3v) is 9.04. The highest BCUT2D eigenvalue weighted by Gasteiger charge is 2.26. The number of carbonyl (C=O) groups is 1. The van der Waals surface area contributed by atoms with E-state index in [1.807, 2.05) is 54.6 Å². The molecule has 3 aromatic rings. The number of amides is 1. The third kappa shape index (κ3) is 5.75. The first-order chi connectivity index (χ1) is 15.5. The van der Waals surface area contributed by atoms with Crippen LogP contribution in [-0.4, -0.2) is 37.5 Å². The van der Waals surface area contributed by atoms with Crippen molar-refractivity contribution in [1.82, 2.24) is 4.31 Å². The summed E-state index contributed by atoms with van der Waals surface area (Å²) in [6.07, 6.45) is 1.82. The fourth-order valence-electron chi connectivity index (χ4n) is 3.39. The normalized spacial score (nSPS) is 14.4. The number of hydrogen-bond acceptors (Lipinski definition) is 5. The predicted molar refractivity (Wildman–Crippen MR) is 131 cm³/mol. The van der Waals surface area contributed by atoms with Gasteiger partial charge in [0.05, 0.1) is 16.3 Å². The van der Waals surface area contributed by atoms with Crippen molar-refractivity contribution in [1.29, 1.82) is 0 Å². The molecule has 5 nitrogen and oxygen atoms in total. The van der Waals surface area contributed by atoms with Crippen LogP contribution < -0.4 is 5.32 Å². The van der Waals surface area contributed by atoms with E-state index >= 15 is 0 Å². The molecule has 1 aliphatic rings. The average molecular weight is 485 g/mol. The van der Waals surface area contributed by atoms with E-state index in [9.17, 15) is 13.2 Å². The lowest BCUT2D eigenvalue weighted by atomic mass is 10.3. The molecule has 0 atom stereocenters. The van der Waals surface area contributed by atoms with Crippen LogP contribution in [0.5, 0.6) is 0 Å². The second-order valence-corrected chi connectivity index (χ2v) is 11.4. The van der Waals surface area contributed by atoms with Crippen molar-refractivity contribution in [2.45, 2.75) is 32.4 Å². The number of thioether (sulfide) groups is 1. The minimum atomic E-state index is -3.42. The highest BCUT2D eigenvalue weighted by Crippen LogP contribution is 2.33. The van der Waals surface area contributed by atoms with Gasteiger partial charge in [0.2, 0.25) is 15.9 Å². The molecule has 0 bridgehead atoms. The lowest BCUT2D eigenvalue weighted by Gasteiger charge is -2.15. The number of anilines is 1. The van der Waals surface area contributed by atoms with Gasteiger partial charge in [0.1, 0.15) is 0 Å². The molecule has 0 spiro atoms. The summed E-state index contributed by atoms with van der Waals surface area (Å²) in [6.45, 7) is 1.17. The predicted octanol–water partition coefficient (Wildman–Crippen LogP) is 5.35. The van der Waals surface area contributed by atoms with Gasteiger partial charge in [-0.15, -0.1) is 11.8 Å². The van der Waals surface area contributed by atoms with Crippen LogP contribution in [0.1, 0.15) is 12.8 Å². The smallest absolute Gasteiger partial charge is 0.243 e. The van der Waals surface area contributed by atoms with Gasteiger partial charge in [0, 0.05) is 27.8 Å². The maximum Gasteiger partial charge on any atom is 0.243 e. The number of nitrogens with one attached hydrogen (secondary N) is 1. The molecule has 32 heavy (non-hydrogen) atoms. The maximum absolute atomic E-state index is 12.6. The van der Waals surface area contributed by atoms with Gasteiger partial charge in [-0.1, -0.05) is 42.1 Å². The van der Waals surface area contributed by atoms with Crippen molar-refractivity contribution in [2.75, 3.05) is 24.2 Å². The van der Waals surface area contributed by atoms with Crippen molar-refractivity contribution in [2.24, 2.45) is 0 Å². The van der Waals surface area contributed by atoms with Gasteiger partial charge in [0.15, 0.2) is 0 Å². The van der Waals surface area contributed by atoms with Gasteiger partial charge < -0.3 is 5.32 Å². The van der Waals surface area contributed by atoms with Gasteiger partial charge in [-0.2, -0.15) is 4.31 Å². The first-order valence-corrected chi connectivity index (χ1v) is 13.6. The quantitative estimate of drug-likeness (QED) is 0.437. The third-order valence-electron chi connectivity index (χ3n) is 5.03. The highest BCUT2D eigenvalue weighted by atomic mass is 32.2. The van der Waals surface area contributed by atoms with Crippen LogP contribution in [0, 0.1) is 0 Å². The molecule has 0 aromatic heterocycles. The number of carbonyl (C=O) groups excluding carboxylic acids is 1. The zero-order valence-electron chi connectivity index (χ0n) is 17.4. The molecule has 0 radical (unpaired) electrons. The average Bonchev–Trinajstić information content (AvgIpc) is 3.36. The first-order valence-electron chi connectivity index (χ1n) is 10.4. The Morgan fingerprint density at radius 3 is 2.22 bits per heavy atom. The van der Waals surface area contributed by atoms with Crippen LogP contribution >= 0.6 is 23.5 Å². The highest BCUT2D eigenvalue weighted by molar-refractivity contribution is 8.00. The Kier molecular flexibility index (Phi) is 7.57. The van der Waals surface area contributed by atoms with Crippen molar-refractivity contribution in [3.05, 3.63) is 78.9 Å². The first kappa shape index (κ1) is 22.9. The number of rotatable bonds is 8.